The zero-order valence-corrected chi connectivity index (χ0v) is 19.8. The number of carbonyl (C=O) groups is 1. The topological polar surface area (TPSA) is 61.6 Å². The molecule has 0 radical (unpaired) electrons. The number of rotatable bonds is 8. The maximum absolute atomic E-state index is 12.2. The van der Waals surface area contributed by atoms with E-state index in [1.165, 1.54) is 23.8 Å². The van der Waals surface area contributed by atoms with Gasteiger partial charge in [0.2, 0.25) is 5.89 Å². The summed E-state index contributed by atoms with van der Waals surface area (Å²) in [4.78, 5) is 16.9. The van der Waals surface area contributed by atoms with Crippen molar-refractivity contribution in [1.82, 2.24) is 4.98 Å². The molecule has 3 aromatic rings. The van der Waals surface area contributed by atoms with Crippen molar-refractivity contribution in [1.29, 1.82) is 0 Å². The number of methoxy groups -OCH3 is 1. The summed E-state index contributed by atoms with van der Waals surface area (Å²) >= 11 is 0. The first kappa shape index (κ1) is 22.8. The maximum Gasteiger partial charge on any atom is 0.311 e. The lowest BCUT2D eigenvalue weighted by molar-refractivity contribution is -0.150. The molecule has 0 unspecified atom stereocenters. The average Bonchev–Trinajstić information content (AvgIpc) is 3.19. The van der Waals surface area contributed by atoms with Crippen molar-refractivity contribution in [3.05, 3.63) is 77.2 Å². The number of hydrogen-bond donors (Lipinski definition) is 0. The van der Waals surface area contributed by atoms with Crippen molar-refractivity contribution in [3.63, 3.8) is 0 Å². The average molecular weight is 446 g/mol. The van der Waals surface area contributed by atoms with E-state index in [-0.39, 0.29) is 5.97 Å². The Balaban J connectivity index is 1.45. The zero-order valence-electron chi connectivity index (χ0n) is 19.8. The number of hydrogen-bond acceptors (Lipinski definition) is 5. The summed E-state index contributed by atoms with van der Waals surface area (Å²) in [5.74, 6) is 2.17. The number of benzene rings is 2. The van der Waals surface area contributed by atoms with E-state index in [1.54, 1.807) is 0 Å². The van der Waals surface area contributed by atoms with E-state index in [2.05, 4.69) is 17.1 Å². The van der Waals surface area contributed by atoms with Crippen LogP contribution in [0.1, 0.15) is 49.3 Å². The Hall–Kier alpha value is -3.34. The minimum Gasteiger partial charge on any atom is -0.493 e. The Kier molecular flexibility index (Phi) is 6.68. The van der Waals surface area contributed by atoms with Crippen LogP contribution in [0.5, 0.6) is 5.75 Å². The zero-order chi connectivity index (χ0) is 23.4. The van der Waals surface area contributed by atoms with Gasteiger partial charge in [-0.3, -0.25) is 4.79 Å². The van der Waals surface area contributed by atoms with Gasteiger partial charge in [-0.2, -0.15) is 0 Å². The highest BCUT2D eigenvalue weighted by atomic mass is 16.5. The highest BCUT2D eigenvalue weighted by Crippen LogP contribution is 2.39. The molecule has 0 saturated heterocycles. The first-order chi connectivity index (χ1) is 15.9. The number of ether oxygens (including phenoxy) is 2. The van der Waals surface area contributed by atoms with E-state index < -0.39 is 5.41 Å². The number of aromatic nitrogens is 1. The van der Waals surface area contributed by atoms with Crippen LogP contribution in [0.4, 0.5) is 0 Å². The number of fused-ring (bicyclic) bond motifs is 1. The first-order valence-electron chi connectivity index (χ1n) is 11.4. The Morgan fingerprint density at radius 3 is 2.67 bits per heavy atom. The molecule has 4 rings (SSSR count). The Bertz CT molecular complexity index is 1160. The van der Waals surface area contributed by atoms with Crippen LogP contribution >= 0.6 is 0 Å². The van der Waals surface area contributed by atoms with E-state index in [4.69, 9.17) is 13.9 Å². The molecule has 1 aromatic heterocycles. The molecule has 5 nitrogen and oxygen atoms in total. The van der Waals surface area contributed by atoms with Crippen molar-refractivity contribution in [3.8, 4) is 17.2 Å². The van der Waals surface area contributed by atoms with Crippen molar-refractivity contribution < 1.29 is 18.7 Å². The molecular formula is C28H31NO4. The minimum atomic E-state index is -0.576. The molecule has 0 N–H and O–H groups in total. The molecular weight excluding hydrogens is 414 g/mol. The molecule has 0 aliphatic heterocycles. The molecule has 0 amide bonds. The summed E-state index contributed by atoms with van der Waals surface area (Å²) in [6.45, 7) is 6.32. The predicted molar refractivity (Wildman–Crippen MR) is 129 cm³/mol. The lowest BCUT2D eigenvalue weighted by atomic mass is 9.79. The van der Waals surface area contributed by atoms with Crippen molar-refractivity contribution in [2.75, 3.05) is 13.7 Å². The molecule has 0 bridgehead atoms. The summed E-state index contributed by atoms with van der Waals surface area (Å²) in [6, 6.07) is 16.1. The van der Waals surface area contributed by atoms with Gasteiger partial charge in [-0.1, -0.05) is 36.4 Å². The van der Waals surface area contributed by atoms with Crippen LogP contribution in [0.2, 0.25) is 0 Å². The molecule has 1 aliphatic rings. The lowest BCUT2D eigenvalue weighted by Crippen LogP contribution is -2.26. The smallest absolute Gasteiger partial charge is 0.311 e. The molecule has 0 spiro atoms. The summed E-state index contributed by atoms with van der Waals surface area (Å²) < 4.78 is 17.1. The second kappa shape index (κ2) is 9.65. The molecule has 1 heterocycles. The summed E-state index contributed by atoms with van der Waals surface area (Å²) in [5, 5.41) is 0. The van der Waals surface area contributed by atoms with Crippen LogP contribution < -0.4 is 4.74 Å². The highest BCUT2D eigenvalue weighted by molar-refractivity contribution is 5.81. The van der Waals surface area contributed by atoms with Gasteiger partial charge >= 0.3 is 5.97 Å². The van der Waals surface area contributed by atoms with E-state index in [0.717, 1.165) is 35.6 Å². The first-order valence-corrected chi connectivity index (χ1v) is 11.4. The molecule has 5 heteroatoms. The summed E-state index contributed by atoms with van der Waals surface area (Å²) in [7, 11) is 1.44. The van der Waals surface area contributed by atoms with Crippen LogP contribution in [0.25, 0.3) is 17.0 Å². The molecule has 1 aliphatic carbocycles. The van der Waals surface area contributed by atoms with Gasteiger partial charge in [0.1, 0.15) is 11.5 Å². The van der Waals surface area contributed by atoms with Crippen molar-refractivity contribution >= 4 is 11.5 Å². The van der Waals surface area contributed by atoms with Crippen molar-refractivity contribution in [2.45, 2.75) is 46.5 Å². The number of oxazole rings is 1. The predicted octanol–water partition coefficient (Wildman–Crippen LogP) is 6.19. The van der Waals surface area contributed by atoms with Gasteiger partial charge in [0.05, 0.1) is 24.8 Å². The van der Waals surface area contributed by atoms with Crippen LogP contribution in [0, 0.1) is 12.3 Å². The van der Waals surface area contributed by atoms with Gasteiger partial charge in [0.25, 0.3) is 0 Å². The largest absolute Gasteiger partial charge is 0.493 e. The fourth-order valence-corrected chi connectivity index (χ4v) is 4.37. The normalized spacial score (nSPS) is 13.3. The number of carbonyl (C=O) groups excluding carboxylic acids is 1. The lowest BCUT2D eigenvalue weighted by Gasteiger charge is -2.27. The third kappa shape index (κ3) is 5.03. The quantitative estimate of drug-likeness (QED) is 0.387. The number of aryl methyl sites for hydroxylation is 1. The van der Waals surface area contributed by atoms with Crippen molar-refractivity contribution in [2.24, 2.45) is 5.41 Å². The summed E-state index contributed by atoms with van der Waals surface area (Å²) in [6.07, 6.45) is 5.40. The van der Waals surface area contributed by atoms with Gasteiger partial charge in [0, 0.05) is 17.5 Å². The molecule has 33 heavy (non-hydrogen) atoms. The van der Waals surface area contributed by atoms with Gasteiger partial charge in [-0.25, -0.2) is 4.98 Å². The summed E-state index contributed by atoms with van der Waals surface area (Å²) in [5.41, 5.74) is 4.86. The SMILES string of the molecule is COC(=O)C(C)(C)CC1=CCCc2c(OCCc3nc(-c4ccccc4)oc3C)cccc21. The second-order valence-electron chi connectivity index (χ2n) is 9.09. The monoisotopic (exact) mass is 445 g/mol. The Morgan fingerprint density at radius 2 is 1.91 bits per heavy atom. The standard InChI is InChI=1S/C28H31NO4/c1-19-24(29-26(33-19)20-10-6-5-7-11-20)16-17-32-25-15-9-13-22-21(12-8-14-23(22)25)18-28(2,3)27(30)31-4/h5-7,9-13,15H,8,14,16-18H2,1-4H3. The Morgan fingerprint density at radius 1 is 1.12 bits per heavy atom. The van der Waals surface area contributed by atoms with Crippen LogP contribution in [0.3, 0.4) is 0 Å². The van der Waals surface area contributed by atoms with E-state index in [0.29, 0.717) is 25.3 Å². The minimum absolute atomic E-state index is 0.194. The molecule has 0 saturated carbocycles. The molecule has 172 valence electrons. The number of allylic oxidation sites excluding steroid dienone is 2. The van der Waals surface area contributed by atoms with Crippen LogP contribution in [0.15, 0.2) is 59.0 Å². The van der Waals surface area contributed by atoms with E-state index in [1.807, 2.05) is 63.2 Å². The van der Waals surface area contributed by atoms with Crippen LogP contribution in [-0.4, -0.2) is 24.7 Å². The van der Waals surface area contributed by atoms with Crippen LogP contribution in [-0.2, 0) is 22.4 Å². The molecule has 0 atom stereocenters. The fraction of sp³-hybridized carbons (Fsp3) is 0.357. The van der Waals surface area contributed by atoms with Gasteiger partial charge < -0.3 is 13.9 Å². The number of esters is 1. The second-order valence-corrected chi connectivity index (χ2v) is 9.09. The van der Waals surface area contributed by atoms with Gasteiger partial charge in [0.15, 0.2) is 0 Å². The fourth-order valence-electron chi connectivity index (χ4n) is 4.37. The molecule has 2 aromatic carbocycles. The third-order valence-electron chi connectivity index (χ3n) is 6.14. The number of nitrogens with zero attached hydrogens (tertiary/aromatic N) is 1. The van der Waals surface area contributed by atoms with E-state index in [9.17, 15) is 4.79 Å². The van der Waals surface area contributed by atoms with Gasteiger partial charge in [-0.05, 0) is 69.4 Å². The Labute approximate surface area is 195 Å². The maximum atomic E-state index is 12.2. The highest BCUT2D eigenvalue weighted by Gasteiger charge is 2.31. The molecule has 0 fully saturated rings. The third-order valence-corrected chi connectivity index (χ3v) is 6.14. The van der Waals surface area contributed by atoms with Gasteiger partial charge in [-0.15, -0.1) is 0 Å². The van der Waals surface area contributed by atoms with E-state index >= 15 is 0 Å².